The Labute approximate surface area is 192 Å². The van der Waals surface area contributed by atoms with E-state index in [9.17, 15) is 9.59 Å². The summed E-state index contributed by atoms with van der Waals surface area (Å²) in [6.45, 7) is 3.00. The lowest BCUT2D eigenvalue weighted by Gasteiger charge is -2.13. The summed E-state index contributed by atoms with van der Waals surface area (Å²) in [7, 11) is 2.86. The van der Waals surface area contributed by atoms with Gasteiger partial charge in [-0.15, -0.1) is 0 Å². The van der Waals surface area contributed by atoms with Crippen LogP contribution in [0, 0.1) is 6.92 Å². The van der Waals surface area contributed by atoms with E-state index in [0.29, 0.717) is 23.4 Å². The molecular formula is C27H26N2O4. The highest BCUT2D eigenvalue weighted by Gasteiger charge is 2.15. The van der Waals surface area contributed by atoms with Crippen molar-refractivity contribution in [2.75, 3.05) is 14.2 Å². The van der Waals surface area contributed by atoms with Gasteiger partial charge < -0.3 is 19.4 Å². The number of benzene rings is 3. The zero-order valence-corrected chi connectivity index (χ0v) is 18.9. The van der Waals surface area contributed by atoms with Gasteiger partial charge in [0.15, 0.2) is 0 Å². The molecule has 168 valence electrons. The third-order valence-corrected chi connectivity index (χ3v) is 5.65. The van der Waals surface area contributed by atoms with Gasteiger partial charge in [0, 0.05) is 30.2 Å². The van der Waals surface area contributed by atoms with E-state index in [-0.39, 0.29) is 12.5 Å². The summed E-state index contributed by atoms with van der Waals surface area (Å²) in [4.78, 5) is 24.9. The van der Waals surface area contributed by atoms with Crippen LogP contribution in [-0.4, -0.2) is 30.7 Å². The average molecular weight is 443 g/mol. The standard InChI is InChI=1S/C27H26N2O4/c1-18-7-9-19(10-8-18)17-29-14-13-20-5-4-6-23(25(20)29)26(30)28-16-22-12-11-21(27(31)33-3)15-24(22)32-2/h4-15H,16-17H2,1-3H3,(H,28,30). The number of aromatic nitrogens is 1. The molecule has 1 N–H and O–H groups in total. The van der Waals surface area contributed by atoms with Crippen molar-refractivity contribution in [1.29, 1.82) is 0 Å². The fraction of sp³-hybridized carbons (Fsp3) is 0.185. The van der Waals surface area contributed by atoms with E-state index in [2.05, 4.69) is 41.1 Å². The highest BCUT2D eigenvalue weighted by atomic mass is 16.5. The predicted octanol–water partition coefficient (Wildman–Crippen LogP) is 4.72. The number of fused-ring (bicyclic) bond motifs is 1. The van der Waals surface area contributed by atoms with Gasteiger partial charge >= 0.3 is 5.97 Å². The topological polar surface area (TPSA) is 69.6 Å². The molecule has 1 aromatic heterocycles. The first kappa shape index (κ1) is 22.1. The Balaban J connectivity index is 1.57. The van der Waals surface area contributed by atoms with Gasteiger partial charge in [-0.3, -0.25) is 4.79 Å². The molecule has 0 saturated carbocycles. The lowest BCUT2D eigenvalue weighted by atomic mass is 10.1. The van der Waals surface area contributed by atoms with Crippen molar-refractivity contribution < 1.29 is 19.1 Å². The molecule has 6 nitrogen and oxygen atoms in total. The molecule has 4 rings (SSSR count). The summed E-state index contributed by atoms with van der Waals surface area (Å²) < 4.78 is 12.3. The Hall–Kier alpha value is -4.06. The van der Waals surface area contributed by atoms with Gasteiger partial charge in [-0.05, 0) is 36.8 Å². The summed E-state index contributed by atoms with van der Waals surface area (Å²) in [6, 6.07) is 21.2. The highest BCUT2D eigenvalue weighted by Crippen LogP contribution is 2.24. The molecule has 33 heavy (non-hydrogen) atoms. The van der Waals surface area contributed by atoms with E-state index in [1.165, 1.54) is 25.3 Å². The van der Waals surface area contributed by atoms with Crippen LogP contribution in [0.2, 0.25) is 0 Å². The number of carbonyl (C=O) groups excluding carboxylic acids is 2. The number of ether oxygens (including phenoxy) is 2. The van der Waals surface area contributed by atoms with Gasteiger partial charge in [0.25, 0.3) is 5.91 Å². The van der Waals surface area contributed by atoms with Crippen LogP contribution < -0.4 is 10.1 Å². The van der Waals surface area contributed by atoms with E-state index in [1.54, 1.807) is 18.2 Å². The smallest absolute Gasteiger partial charge is 0.337 e. The van der Waals surface area contributed by atoms with Gasteiger partial charge in [-0.25, -0.2) is 4.79 Å². The molecule has 0 bridgehead atoms. The molecule has 0 radical (unpaired) electrons. The summed E-state index contributed by atoms with van der Waals surface area (Å²) in [5.74, 6) is -0.104. The number of methoxy groups -OCH3 is 2. The van der Waals surface area contributed by atoms with Crippen molar-refractivity contribution in [1.82, 2.24) is 9.88 Å². The Kier molecular flexibility index (Phi) is 6.45. The van der Waals surface area contributed by atoms with Gasteiger partial charge in [-0.2, -0.15) is 0 Å². The van der Waals surface area contributed by atoms with Gasteiger partial charge in [0.2, 0.25) is 0 Å². The van der Waals surface area contributed by atoms with Crippen LogP contribution >= 0.6 is 0 Å². The van der Waals surface area contributed by atoms with E-state index in [4.69, 9.17) is 9.47 Å². The number of hydrogen-bond acceptors (Lipinski definition) is 4. The monoisotopic (exact) mass is 442 g/mol. The molecular weight excluding hydrogens is 416 g/mol. The second-order valence-corrected chi connectivity index (χ2v) is 7.87. The first-order chi connectivity index (χ1) is 16.0. The molecule has 3 aromatic carbocycles. The maximum atomic E-state index is 13.2. The first-order valence-electron chi connectivity index (χ1n) is 10.7. The predicted molar refractivity (Wildman–Crippen MR) is 128 cm³/mol. The molecule has 0 unspecified atom stereocenters. The fourth-order valence-corrected chi connectivity index (χ4v) is 3.87. The average Bonchev–Trinajstić information content (AvgIpc) is 3.26. The lowest BCUT2D eigenvalue weighted by Crippen LogP contribution is -2.24. The molecule has 0 atom stereocenters. The number of rotatable bonds is 7. The molecule has 0 aliphatic rings. The van der Waals surface area contributed by atoms with Gasteiger partial charge in [0.1, 0.15) is 5.75 Å². The zero-order chi connectivity index (χ0) is 23.4. The third kappa shape index (κ3) is 4.75. The maximum absolute atomic E-state index is 13.2. The van der Waals surface area contributed by atoms with Crippen LogP contribution in [0.25, 0.3) is 10.9 Å². The maximum Gasteiger partial charge on any atom is 0.337 e. The summed E-state index contributed by atoms with van der Waals surface area (Å²) in [5.41, 5.74) is 5.04. The van der Waals surface area contributed by atoms with E-state index in [0.717, 1.165) is 16.5 Å². The number of nitrogens with zero attached hydrogens (tertiary/aromatic N) is 1. The summed E-state index contributed by atoms with van der Waals surface area (Å²) in [5, 5.41) is 3.99. The number of para-hydroxylation sites is 1. The molecule has 4 aromatic rings. The SMILES string of the molecule is COC(=O)c1ccc(CNC(=O)c2cccc3ccn(Cc4ccc(C)cc4)c23)c(OC)c1. The van der Waals surface area contributed by atoms with Crippen molar-refractivity contribution in [3.63, 3.8) is 0 Å². The Morgan fingerprint density at radius 2 is 1.76 bits per heavy atom. The van der Waals surface area contributed by atoms with Crippen LogP contribution in [-0.2, 0) is 17.8 Å². The van der Waals surface area contributed by atoms with Crippen LogP contribution in [0.4, 0.5) is 0 Å². The van der Waals surface area contributed by atoms with Crippen LogP contribution in [0.3, 0.4) is 0 Å². The second-order valence-electron chi connectivity index (χ2n) is 7.87. The fourth-order valence-electron chi connectivity index (χ4n) is 3.87. The van der Waals surface area contributed by atoms with Crippen molar-refractivity contribution in [2.45, 2.75) is 20.0 Å². The van der Waals surface area contributed by atoms with Crippen molar-refractivity contribution >= 4 is 22.8 Å². The minimum atomic E-state index is -0.440. The Morgan fingerprint density at radius 3 is 2.48 bits per heavy atom. The summed E-state index contributed by atoms with van der Waals surface area (Å²) in [6.07, 6.45) is 2.01. The highest BCUT2D eigenvalue weighted by molar-refractivity contribution is 6.06. The number of aryl methyl sites for hydroxylation is 1. The minimum Gasteiger partial charge on any atom is -0.496 e. The molecule has 1 amide bonds. The van der Waals surface area contributed by atoms with Gasteiger partial charge in [0.05, 0.1) is 30.9 Å². The number of esters is 1. The molecule has 6 heteroatoms. The first-order valence-corrected chi connectivity index (χ1v) is 10.7. The number of carbonyl (C=O) groups is 2. The van der Waals surface area contributed by atoms with E-state index >= 15 is 0 Å². The van der Waals surface area contributed by atoms with Crippen molar-refractivity contribution in [3.8, 4) is 5.75 Å². The molecule has 0 spiro atoms. The van der Waals surface area contributed by atoms with Crippen molar-refractivity contribution in [2.24, 2.45) is 0 Å². The molecule has 0 fully saturated rings. The van der Waals surface area contributed by atoms with Gasteiger partial charge in [-0.1, -0.05) is 48.0 Å². The number of nitrogens with one attached hydrogen (secondary N) is 1. The lowest BCUT2D eigenvalue weighted by molar-refractivity contribution is 0.0600. The Morgan fingerprint density at radius 1 is 0.970 bits per heavy atom. The number of amides is 1. The second kappa shape index (κ2) is 9.61. The normalized spacial score (nSPS) is 10.8. The molecule has 0 aliphatic carbocycles. The zero-order valence-electron chi connectivity index (χ0n) is 18.9. The largest absolute Gasteiger partial charge is 0.496 e. The molecule has 1 heterocycles. The van der Waals surface area contributed by atoms with Crippen molar-refractivity contribution in [3.05, 3.63) is 101 Å². The van der Waals surface area contributed by atoms with E-state index in [1.807, 2.05) is 30.5 Å². The minimum absolute atomic E-state index is 0.177. The quantitative estimate of drug-likeness (QED) is 0.421. The van der Waals surface area contributed by atoms with Crippen LogP contribution in [0.5, 0.6) is 5.75 Å². The molecule has 0 aliphatic heterocycles. The third-order valence-electron chi connectivity index (χ3n) is 5.65. The Bertz CT molecular complexity index is 1310. The van der Waals surface area contributed by atoms with Crippen LogP contribution in [0.15, 0.2) is 72.9 Å². The number of hydrogen-bond donors (Lipinski definition) is 1. The molecule has 0 saturated heterocycles. The van der Waals surface area contributed by atoms with Crippen LogP contribution in [0.1, 0.15) is 37.4 Å². The van der Waals surface area contributed by atoms with E-state index < -0.39 is 5.97 Å². The summed E-state index contributed by atoms with van der Waals surface area (Å²) >= 11 is 0.